The maximum Gasteiger partial charge on any atom is 0.00558 e. The summed E-state index contributed by atoms with van der Waals surface area (Å²) in [6.45, 7) is 25.7. The molecule has 48 heavy (non-hydrogen) atoms. The molecule has 0 heterocycles. The van der Waals surface area contributed by atoms with Gasteiger partial charge in [0.15, 0.2) is 0 Å². The van der Waals surface area contributed by atoms with E-state index < -0.39 is 0 Å². The summed E-state index contributed by atoms with van der Waals surface area (Å²) in [6, 6.07) is 18.7. The van der Waals surface area contributed by atoms with E-state index in [1.165, 1.54) is 51.0 Å². The Balaban J connectivity index is 1.76. The second kappa shape index (κ2) is 17.9. The normalized spacial score (nSPS) is 20.0. The molecule has 5 atom stereocenters. The number of benzene rings is 2. The smallest absolute Gasteiger partial charge is 0.00558 e. The summed E-state index contributed by atoms with van der Waals surface area (Å²) in [5.74, 6) is 2.59. The van der Waals surface area contributed by atoms with Crippen molar-refractivity contribution in [3.8, 4) is 0 Å². The van der Waals surface area contributed by atoms with Crippen LogP contribution in [0.3, 0.4) is 0 Å². The van der Waals surface area contributed by atoms with Gasteiger partial charge in [-0.15, -0.1) is 6.58 Å². The minimum Gasteiger partial charge on any atom is -0.102 e. The molecule has 256 valence electrons. The fraction of sp³-hybridized carbons (Fsp3) is 0.458. The molecule has 2 aliphatic carbocycles. The number of rotatable bonds is 13. The van der Waals surface area contributed by atoms with Crippen LogP contribution in [0.4, 0.5) is 0 Å². The summed E-state index contributed by atoms with van der Waals surface area (Å²) in [6.07, 6.45) is 22.7. The molecule has 0 aliphatic heterocycles. The van der Waals surface area contributed by atoms with Crippen molar-refractivity contribution < 1.29 is 0 Å². The Morgan fingerprint density at radius 3 is 2.29 bits per heavy atom. The highest BCUT2D eigenvalue weighted by Gasteiger charge is 2.23. The Morgan fingerprint density at radius 1 is 0.875 bits per heavy atom. The van der Waals surface area contributed by atoms with Crippen molar-refractivity contribution >= 4 is 0 Å². The van der Waals surface area contributed by atoms with Crippen molar-refractivity contribution in [2.75, 3.05) is 0 Å². The lowest BCUT2D eigenvalue weighted by Gasteiger charge is -2.25. The molecule has 0 heteroatoms. The molecule has 2 aliphatic rings. The molecule has 0 saturated heterocycles. The Morgan fingerprint density at radius 2 is 1.58 bits per heavy atom. The standard InChI is InChI=1S/C48H64/c1-11-35(6)39(10)44-21-16-19-41(31-44)27-34(5)28-46-29-38(9)48(43-20-14-17-33(4)23-26-43)37(8)25-24-36(7)47(46)32-42(13-3)45-22-15-18-40(12-2)30-45/h13-22,24,26,30-31,34-35,37,39,42H,3,11-12,23,25,27-29,32H2,1-2,4-10H3. The van der Waals surface area contributed by atoms with E-state index >= 15 is 0 Å². The molecule has 0 spiro atoms. The van der Waals surface area contributed by atoms with Gasteiger partial charge in [0.05, 0.1) is 0 Å². The van der Waals surface area contributed by atoms with Crippen molar-refractivity contribution in [2.45, 2.75) is 126 Å². The third-order valence-electron chi connectivity index (χ3n) is 11.4. The number of allylic oxidation sites excluding steroid dienone is 13. The van der Waals surface area contributed by atoms with E-state index in [0.717, 1.165) is 44.9 Å². The zero-order valence-corrected chi connectivity index (χ0v) is 31.8. The van der Waals surface area contributed by atoms with Crippen LogP contribution in [0.25, 0.3) is 0 Å². The van der Waals surface area contributed by atoms with Crippen molar-refractivity contribution in [3.05, 3.63) is 153 Å². The molecule has 2 aromatic carbocycles. The first-order chi connectivity index (χ1) is 23.0. The Labute approximate surface area is 295 Å². The van der Waals surface area contributed by atoms with Gasteiger partial charge in [-0.2, -0.15) is 0 Å². The first-order valence-corrected chi connectivity index (χ1v) is 19.0. The minimum absolute atomic E-state index is 0.294. The lowest BCUT2D eigenvalue weighted by Crippen LogP contribution is -2.09. The van der Waals surface area contributed by atoms with E-state index in [1.807, 2.05) is 0 Å². The number of hydrogen-bond acceptors (Lipinski definition) is 0. The highest BCUT2D eigenvalue weighted by atomic mass is 14.3. The molecule has 0 aromatic heterocycles. The number of aryl methyl sites for hydroxylation is 1. The van der Waals surface area contributed by atoms with Gasteiger partial charge in [0, 0.05) is 5.92 Å². The van der Waals surface area contributed by atoms with Crippen LogP contribution in [0.15, 0.2) is 131 Å². The van der Waals surface area contributed by atoms with Crippen molar-refractivity contribution in [1.82, 2.24) is 0 Å². The summed E-state index contributed by atoms with van der Waals surface area (Å²) in [7, 11) is 0. The van der Waals surface area contributed by atoms with Gasteiger partial charge in [-0.05, 0) is 128 Å². The predicted molar refractivity (Wildman–Crippen MR) is 213 cm³/mol. The average Bonchev–Trinajstić information content (AvgIpc) is 3.28. The first-order valence-electron chi connectivity index (χ1n) is 19.0. The predicted octanol–water partition coefficient (Wildman–Crippen LogP) is 14.1. The Bertz CT molecular complexity index is 1590. The summed E-state index contributed by atoms with van der Waals surface area (Å²) in [4.78, 5) is 0. The van der Waals surface area contributed by atoms with E-state index in [4.69, 9.17) is 0 Å². The first kappa shape index (κ1) is 37.4. The van der Waals surface area contributed by atoms with Crippen LogP contribution >= 0.6 is 0 Å². The maximum absolute atomic E-state index is 4.37. The second-order valence-corrected chi connectivity index (χ2v) is 15.3. The number of hydrogen-bond donors (Lipinski definition) is 0. The summed E-state index contributed by atoms with van der Waals surface area (Å²) >= 11 is 0. The highest BCUT2D eigenvalue weighted by molar-refractivity contribution is 5.50. The zero-order valence-electron chi connectivity index (χ0n) is 31.8. The second-order valence-electron chi connectivity index (χ2n) is 15.3. The molecule has 0 N–H and O–H groups in total. The summed E-state index contributed by atoms with van der Waals surface area (Å²) in [5, 5.41) is 0. The van der Waals surface area contributed by atoms with Gasteiger partial charge < -0.3 is 0 Å². The molecular formula is C48H64. The Kier molecular flexibility index (Phi) is 13.9. The zero-order chi connectivity index (χ0) is 34.8. The molecule has 0 bridgehead atoms. The van der Waals surface area contributed by atoms with Gasteiger partial charge in [0.25, 0.3) is 0 Å². The lowest BCUT2D eigenvalue weighted by molar-refractivity contribution is 0.472. The fourth-order valence-corrected chi connectivity index (χ4v) is 7.95. The van der Waals surface area contributed by atoms with Gasteiger partial charge in [-0.25, -0.2) is 0 Å². The fourth-order valence-electron chi connectivity index (χ4n) is 7.95. The SMILES string of the molecule is C=CC(CC1=C(CC(C)Cc2cccc(C(C)C(C)CC)c2)CC(C)=C(C2=CCC(C)=CC=C2)C(C)CC=C1C)c1cccc(CC)c1. The van der Waals surface area contributed by atoms with Gasteiger partial charge in [0.1, 0.15) is 0 Å². The van der Waals surface area contributed by atoms with Crippen molar-refractivity contribution in [3.63, 3.8) is 0 Å². The Hall–Kier alpha value is -3.38. The lowest BCUT2D eigenvalue weighted by atomic mass is 9.80. The molecule has 0 nitrogen and oxygen atoms in total. The van der Waals surface area contributed by atoms with Gasteiger partial charge in [-0.3, -0.25) is 0 Å². The van der Waals surface area contributed by atoms with Gasteiger partial charge >= 0.3 is 0 Å². The van der Waals surface area contributed by atoms with E-state index in [2.05, 4.69) is 154 Å². The topological polar surface area (TPSA) is 0 Å². The third-order valence-corrected chi connectivity index (χ3v) is 11.4. The molecule has 0 fully saturated rings. The molecule has 0 saturated carbocycles. The van der Waals surface area contributed by atoms with Crippen LogP contribution in [-0.2, 0) is 12.8 Å². The van der Waals surface area contributed by atoms with Crippen LogP contribution in [-0.4, -0.2) is 0 Å². The quantitative estimate of drug-likeness (QED) is 0.191. The van der Waals surface area contributed by atoms with Crippen molar-refractivity contribution in [2.24, 2.45) is 17.8 Å². The van der Waals surface area contributed by atoms with Crippen LogP contribution in [0.1, 0.15) is 135 Å². The van der Waals surface area contributed by atoms with Gasteiger partial charge in [0.2, 0.25) is 0 Å². The highest BCUT2D eigenvalue weighted by Crippen LogP contribution is 2.40. The largest absolute Gasteiger partial charge is 0.102 e. The average molecular weight is 641 g/mol. The molecule has 0 amide bonds. The van der Waals surface area contributed by atoms with E-state index in [0.29, 0.717) is 29.6 Å². The molecular weight excluding hydrogens is 577 g/mol. The molecule has 0 radical (unpaired) electrons. The van der Waals surface area contributed by atoms with Crippen LogP contribution < -0.4 is 0 Å². The maximum atomic E-state index is 4.37. The summed E-state index contributed by atoms with van der Waals surface area (Å²) < 4.78 is 0. The summed E-state index contributed by atoms with van der Waals surface area (Å²) in [5.41, 5.74) is 16.3. The third kappa shape index (κ3) is 9.84. The minimum atomic E-state index is 0.294. The molecule has 4 rings (SSSR count). The molecule has 2 aromatic rings. The van der Waals surface area contributed by atoms with Crippen LogP contribution in [0, 0.1) is 17.8 Å². The van der Waals surface area contributed by atoms with Crippen LogP contribution in [0.2, 0.25) is 0 Å². The van der Waals surface area contributed by atoms with E-state index in [1.54, 1.807) is 16.7 Å². The molecule has 5 unspecified atom stereocenters. The van der Waals surface area contributed by atoms with Crippen LogP contribution in [0.5, 0.6) is 0 Å². The van der Waals surface area contributed by atoms with Crippen molar-refractivity contribution in [1.29, 1.82) is 0 Å². The monoisotopic (exact) mass is 641 g/mol. The van der Waals surface area contributed by atoms with E-state index in [9.17, 15) is 0 Å². The van der Waals surface area contributed by atoms with E-state index in [-0.39, 0.29) is 0 Å². The van der Waals surface area contributed by atoms with Gasteiger partial charge in [-0.1, -0.05) is 155 Å².